The average molecular weight is 276 g/mol. The minimum absolute atomic E-state index is 0.209. The van der Waals surface area contributed by atoms with Crippen LogP contribution in [0.5, 0.6) is 0 Å². The molecule has 0 aliphatic carbocycles. The predicted molar refractivity (Wildman–Crippen MR) is 73.5 cm³/mol. The summed E-state index contributed by atoms with van der Waals surface area (Å²) in [5, 5.41) is 8.21. The highest BCUT2D eigenvalue weighted by molar-refractivity contribution is 5.77. The van der Waals surface area contributed by atoms with Gasteiger partial charge < -0.3 is 0 Å². The first kappa shape index (κ1) is 14.4. The van der Waals surface area contributed by atoms with Crippen LogP contribution >= 0.6 is 0 Å². The molecule has 0 spiro atoms. The van der Waals surface area contributed by atoms with Crippen molar-refractivity contribution in [2.75, 3.05) is 0 Å². The number of hydrogen-bond donors (Lipinski definition) is 0. The van der Waals surface area contributed by atoms with E-state index in [1.165, 1.54) is 17.3 Å². The number of aromatic nitrogens is 6. The second-order valence-electron chi connectivity index (χ2n) is 6.23. The van der Waals surface area contributed by atoms with E-state index in [0.29, 0.717) is 24.0 Å². The van der Waals surface area contributed by atoms with Crippen LogP contribution < -0.4 is 0 Å². The molecule has 0 unspecified atom stereocenters. The van der Waals surface area contributed by atoms with Crippen LogP contribution in [0.15, 0.2) is 12.7 Å². The lowest BCUT2D eigenvalue weighted by Gasteiger charge is -2.12. The van der Waals surface area contributed by atoms with Gasteiger partial charge in [0.2, 0.25) is 0 Å². The van der Waals surface area contributed by atoms with E-state index in [-0.39, 0.29) is 11.4 Å². The Bertz CT molecular complexity index is 591. The summed E-state index contributed by atoms with van der Waals surface area (Å²) in [5.41, 5.74) is -0.209. The van der Waals surface area contributed by atoms with Gasteiger partial charge in [-0.3, -0.25) is 0 Å². The summed E-state index contributed by atoms with van der Waals surface area (Å²) in [4.78, 5) is 20.7. The van der Waals surface area contributed by atoms with Gasteiger partial charge in [-0.05, 0) is 5.92 Å². The normalized spacial score (nSPS) is 12.1. The fourth-order valence-corrected chi connectivity index (χ4v) is 1.72. The molecular formula is C13H20N6O. The quantitative estimate of drug-likeness (QED) is 0.836. The van der Waals surface area contributed by atoms with Crippen molar-refractivity contribution in [1.82, 2.24) is 29.5 Å². The molecule has 0 atom stereocenters. The third-order valence-corrected chi connectivity index (χ3v) is 2.73. The second-order valence-corrected chi connectivity index (χ2v) is 6.23. The van der Waals surface area contributed by atoms with E-state index in [4.69, 9.17) is 0 Å². The van der Waals surface area contributed by atoms with Crippen LogP contribution in [0.4, 0.5) is 4.79 Å². The lowest BCUT2D eigenvalue weighted by Crippen LogP contribution is -2.24. The van der Waals surface area contributed by atoms with Crippen molar-refractivity contribution in [2.45, 2.75) is 46.5 Å². The number of carbonyl (C=O) groups excluding carboxylic acids is 1. The second kappa shape index (κ2) is 5.15. The molecule has 0 aromatic carbocycles. The Kier molecular flexibility index (Phi) is 3.69. The van der Waals surface area contributed by atoms with Gasteiger partial charge in [-0.1, -0.05) is 34.6 Å². The fraction of sp³-hybridized carbons (Fsp3) is 0.615. The molecule has 2 aromatic heterocycles. The van der Waals surface area contributed by atoms with E-state index in [1.54, 1.807) is 0 Å². The zero-order valence-electron chi connectivity index (χ0n) is 12.5. The van der Waals surface area contributed by atoms with Crippen molar-refractivity contribution in [3.63, 3.8) is 0 Å². The van der Waals surface area contributed by atoms with Crippen molar-refractivity contribution in [1.29, 1.82) is 0 Å². The van der Waals surface area contributed by atoms with Gasteiger partial charge in [-0.15, -0.1) is 5.10 Å². The Morgan fingerprint density at radius 2 is 2.05 bits per heavy atom. The summed E-state index contributed by atoms with van der Waals surface area (Å²) < 4.78 is 2.49. The molecule has 0 saturated heterocycles. The Hall–Kier alpha value is -2.05. The van der Waals surface area contributed by atoms with Crippen LogP contribution in [-0.2, 0) is 11.8 Å². The van der Waals surface area contributed by atoms with Crippen molar-refractivity contribution >= 4 is 6.03 Å². The van der Waals surface area contributed by atoms with Gasteiger partial charge >= 0.3 is 6.03 Å². The largest absolute Gasteiger partial charge is 0.372 e. The molecule has 20 heavy (non-hydrogen) atoms. The molecule has 0 aliphatic heterocycles. The van der Waals surface area contributed by atoms with Crippen LogP contribution in [0.3, 0.4) is 0 Å². The number of nitrogens with zero attached hydrogens (tertiary/aromatic N) is 6. The maximum atomic E-state index is 12.4. The standard InChI is InChI=1S/C13H20N6O/c1-9(2)6-10-16-11(13(3,4)5)17-19(10)12(20)18-8-14-7-15-18/h7-9H,6H2,1-5H3. The lowest BCUT2D eigenvalue weighted by atomic mass is 9.96. The number of carbonyl (C=O) groups is 1. The smallest absolute Gasteiger partial charge is 0.243 e. The summed E-state index contributed by atoms with van der Waals surface area (Å²) in [5.74, 6) is 1.70. The SMILES string of the molecule is CC(C)Cc1nc(C(C)(C)C)nn1C(=O)n1cncn1. The van der Waals surface area contributed by atoms with E-state index < -0.39 is 0 Å². The van der Waals surface area contributed by atoms with Gasteiger partial charge in [0.15, 0.2) is 5.82 Å². The highest BCUT2D eigenvalue weighted by Gasteiger charge is 2.25. The fourth-order valence-electron chi connectivity index (χ4n) is 1.72. The van der Waals surface area contributed by atoms with E-state index in [0.717, 1.165) is 4.68 Å². The molecule has 7 nitrogen and oxygen atoms in total. The zero-order valence-corrected chi connectivity index (χ0v) is 12.5. The molecule has 2 rings (SSSR count). The van der Waals surface area contributed by atoms with Gasteiger partial charge in [0.25, 0.3) is 0 Å². The Morgan fingerprint density at radius 3 is 2.55 bits per heavy atom. The van der Waals surface area contributed by atoms with E-state index in [9.17, 15) is 4.79 Å². The summed E-state index contributed by atoms with van der Waals surface area (Å²) >= 11 is 0. The number of rotatable bonds is 2. The first-order valence-electron chi connectivity index (χ1n) is 6.65. The maximum absolute atomic E-state index is 12.4. The molecule has 0 fully saturated rings. The van der Waals surface area contributed by atoms with Crippen molar-refractivity contribution < 1.29 is 4.79 Å². The Labute approximate surface area is 118 Å². The number of hydrogen-bond acceptors (Lipinski definition) is 5. The highest BCUT2D eigenvalue weighted by Crippen LogP contribution is 2.19. The zero-order chi connectivity index (χ0) is 14.9. The minimum Gasteiger partial charge on any atom is -0.243 e. The van der Waals surface area contributed by atoms with Crippen molar-refractivity contribution in [3.05, 3.63) is 24.3 Å². The van der Waals surface area contributed by atoms with Crippen LogP contribution in [0.25, 0.3) is 0 Å². The van der Waals surface area contributed by atoms with Gasteiger partial charge in [-0.25, -0.2) is 14.8 Å². The first-order chi connectivity index (χ1) is 9.29. The maximum Gasteiger partial charge on any atom is 0.372 e. The van der Waals surface area contributed by atoms with Crippen LogP contribution in [0.1, 0.15) is 46.3 Å². The third-order valence-electron chi connectivity index (χ3n) is 2.73. The summed E-state index contributed by atoms with van der Waals surface area (Å²) in [6, 6.07) is -0.360. The molecule has 0 aliphatic rings. The predicted octanol–water partition coefficient (Wildman–Crippen LogP) is 1.88. The topological polar surface area (TPSA) is 78.5 Å². The summed E-state index contributed by atoms with van der Waals surface area (Å²) in [6.45, 7) is 10.2. The Morgan fingerprint density at radius 1 is 1.35 bits per heavy atom. The molecule has 7 heteroatoms. The lowest BCUT2D eigenvalue weighted by molar-refractivity contribution is 0.236. The third kappa shape index (κ3) is 2.92. The van der Waals surface area contributed by atoms with Crippen LogP contribution in [-0.4, -0.2) is 35.6 Å². The molecule has 2 heterocycles. The Balaban J connectivity index is 2.44. The molecule has 108 valence electrons. The first-order valence-corrected chi connectivity index (χ1v) is 6.65. The molecule has 0 N–H and O–H groups in total. The van der Waals surface area contributed by atoms with E-state index >= 15 is 0 Å². The van der Waals surface area contributed by atoms with E-state index in [2.05, 4.69) is 34.0 Å². The van der Waals surface area contributed by atoms with Crippen LogP contribution in [0, 0.1) is 5.92 Å². The van der Waals surface area contributed by atoms with E-state index in [1.807, 2.05) is 20.8 Å². The van der Waals surface area contributed by atoms with Crippen LogP contribution in [0.2, 0.25) is 0 Å². The molecule has 0 saturated carbocycles. The van der Waals surface area contributed by atoms with Crippen molar-refractivity contribution in [3.8, 4) is 0 Å². The van der Waals surface area contributed by atoms with Gasteiger partial charge in [-0.2, -0.15) is 14.5 Å². The summed E-state index contributed by atoms with van der Waals surface area (Å²) in [7, 11) is 0. The minimum atomic E-state index is -0.360. The van der Waals surface area contributed by atoms with Gasteiger partial charge in [0, 0.05) is 11.8 Å². The molecule has 2 aromatic rings. The monoisotopic (exact) mass is 276 g/mol. The van der Waals surface area contributed by atoms with Crippen molar-refractivity contribution in [2.24, 2.45) is 5.92 Å². The highest BCUT2D eigenvalue weighted by atomic mass is 16.2. The van der Waals surface area contributed by atoms with Gasteiger partial charge in [0.05, 0.1) is 0 Å². The molecule has 0 bridgehead atoms. The summed E-state index contributed by atoms with van der Waals surface area (Å²) in [6.07, 6.45) is 3.37. The molecule has 0 amide bonds. The molecular weight excluding hydrogens is 256 g/mol. The van der Waals surface area contributed by atoms with Gasteiger partial charge in [0.1, 0.15) is 18.5 Å². The average Bonchev–Trinajstić information content (AvgIpc) is 2.94. The molecule has 0 radical (unpaired) electrons.